The Hall–Kier alpha value is -1.77. The molecule has 1 aromatic carbocycles. The number of hydrogen-bond acceptors (Lipinski definition) is 1. The number of fused-ring (bicyclic) bond motifs is 1. The molecule has 3 nitrogen and oxygen atoms in total. The van der Waals surface area contributed by atoms with Gasteiger partial charge in [0.1, 0.15) is 0 Å². The van der Waals surface area contributed by atoms with Gasteiger partial charge in [0.25, 0.3) is 0 Å². The van der Waals surface area contributed by atoms with Crippen LogP contribution in [0.3, 0.4) is 0 Å². The Morgan fingerprint density at radius 3 is 2.79 bits per heavy atom. The van der Waals surface area contributed by atoms with Crippen molar-refractivity contribution >= 4 is 16.8 Å². The van der Waals surface area contributed by atoms with E-state index in [-0.39, 0.29) is 0 Å². The third kappa shape index (κ3) is 2.37. The molecule has 0 bridgehead atoms. The van der Waals surface area contributed by atoms with Crippen LogP contribution in [0.15, 0.2) is 24.3 Å². The SMILES string of the molecule is Cc1[nH]c2ccccc2c1CCC(=O)N1CCCC1. The lowest BCUT2D eigenvalue weighted by atomic mass is 10.1. The second-order valence-corrected chi connectivity index (χ2v) is 5.36. The minimum atomic E-state index is 0.308. The van der Waals surface area contributed by atoms with Crippen LogP contribution >= 0.6 is 0 Å². The number of nitrogens with zero attached hydrogens (tertiary/aromatic N) is 1. The first kappa shape index (κ1) is 12.3. The van der Waals surface area contributed by atoms with Gasteiger partial charge in [0.15, 0.2) is 0 Å². The minimum Gasteiger partial charge on any atom is -0.358 e. The largest absolute Gasteiger partial charge is 0.358 e. The summed E-state index contributed by atoms with van der Waals surface area (Å²) in [5, 5.41) is 1.26. The topological polar surface area (TPSA) is 36.1 Å². The second kappa shape index (κ2) is 5.08. The number of carbonyl (C=O) groups excluding carboxylic acids is 1. The van der Waals surface area contributed by atoms with E-state index in [4.69, 9.17) is 0 Å². The molecule has 1 amide bonds. The van der Waals surface area contributed by atoms with Crippen LogP contribution in [0.25, 0.3) is 10.9 Å². The summed E-state index contributed by atoms with van der Waals surface area (Å²) in [7, 11) is 0. The van der Waals surface area contributed by atoms with Crippen molar-refractivity contribution in [3.8, 4) is 0 Å². The predicted octanol–water partition coefficient (Wildman–Crippen LogP) is 3.03. The minimum absolute atomic E-state index is 0.308. The summed E-state index contributed by atoms with van der Waals surface area (Å²) in [4.78, 5) is 17.5. The van der Waals surface area contributed by atoms with Gasteiger partial charge in [0, 0.05) is 36.1 Å². The summed E-state index contributed by atoms with van der Waals surface area (Å²) in [5.74, 6) is 0.308. The van der Waals surface area contributed by atoms with Crippen molar-refractivity contribution in [3.05, 3.63) is 35.5 Å². The number of likely N-dealkylation sites (tertiary alicyclic amines) is 1. The molecule has 1 N–H and O–H groups in total. The van der Waals surface area contributed by atoms with Gasteiger partial charge in [0.05, 0.1) is 0 Å². The number of aromatic nitrogens is 1. The van der Waals surface area contributed by atoms with Crippen LogP contribution in [-0.4, -0.2) is 28.9 Å². The highest BCUT2D eigenvalue weighted by atomic mass is 16.2. The summed E-state index contributed by atoms with van der Waals surface area (Å²) in [6.07, 6.45) is 3.80. The van der Waals surface area contributed by atoms with E-state index in [2.05, 4.69) is 30.1 Å². The Labute approximate surface area is 113 Å². The van der Waals surface area contributed by atoms with Gasteiger partial charge in [-0.1, -0.05) is 18.2 Å². The van der Waals surface area contributed by atoms with Crippen LogP contribution in [0.1, 0.15) is 30.5 Å². The molecule has 0 unspecified atom stereocenters. The molecular weight excluding hydrogens is 236 g/mol. The normalized spacial score (nSPS) is 15.3. The number of aromatic amines is 1. The molecule has 1 aromatic heterocycles. The van der Waals surface area contributed by atoms with Gasteiger partial charge >= 0.3 is 0 Å². The third-order valence-corrected chi connectivity index (χ3v) is 4.07. The lowest BCUT2D eigenvalue weighted by molar-refractivity contribution is -0.130. The number of aryl methyl sites for hydroxylation is 2. The van der Waals surface area contributed by atoms with E-state index < -0.39 is 0 Å². The Morgan fingerprint density at radius 2 is 2.00 bits per heavy atom. The van der Waals surface area contributed by atoms with Crippen molar-refractivity contribution in [2.45, 2.75) is 32.6 Å². The maximum atomic E-state index is 12.1. The summed E-state index contributed by atoms with van der Waals surface area (Å²) >= 11 is 0. The van der Waals surface area contributed by atoms with Crippen LogP contribution in [0, 0.1) is 6.92 Å². The fourth-order valence-corrected chi connectivity index (χ4v) is 3.01. The zero-order valence-corrected chi connectivity index (χ0v) is 11.4. The quantitative estimate of drug-likeness (QED) is 0.900. The van der Waals surface area contributed by atoms with Crippen LogP contribution < -0.4 is 0 Å². The second-order valence-electron chi connectivity index (χ2n) is 5.36. The fourth-order valence-electron chi connectivity index (χ4n) is 3.01. The summed E-state index contributed by atoms with van der Waals surface area (Å²) in [6, 6.07) is 8.32. The number of nitrogens with one attached hydrogen (secondary N) is 1. The van der Waals surface area contributed by atoms with E-state index in [1.807, 2.05) is 11.0 Å². The van der Waals surface area contributed by atoms with Crippen molar-refractivity contribution in [1.82, 2.24) is 9.88 Å². The van der Waals surface area contributed by atoms with E-state index in [0.29, 0.717) is 12.3 Å². The van der Waals surface area contributed by atoms with E-state index in [9.17, 15) is 4.79 Å². The highest BCUT2D eigenvalue weighted by Crippen LogP contribution is 2.23. The van der Waals surface area contributed by atoms with Gasteiger partial charge in [-0.2, -0.15) is 0 Å². The molecular formula is C16H20N2O. The molecule has 1 aliphatic rings. The number of para-hydroxylation sites is 1. The molecule has 19 heavy (non-hydrogen) atoms. The highest BCUT2D eigenvalue weighted by Gasteiger charge is 2.18. The van der Waals surface area contributed by atoms with E-state index in [0.717, 1.165) is 32.4 Å². The van der Waals surface area contributed by atoms with Crippen LogP contribution in [0.2, 0.25) is 0 Å². The van der Waals surface area contributed by atoms with Crippen molar-refractivity contribution in [1.29, 1.82) is 0 Å². The zero-order chi connectivity index (χ0) is 13.2. The summed E-state index contributed by atoms with van der Waals surface area (Å²) in [5.41, 5.74) is 3.65. The van der Waals surface area contributed by atoms with Crippen LogP contribution in [0.5, 0.6) is 0 Å². The Kier molecular flexibility index (Phi) is 3.28. The molecule has 2 aromatic rings. The molecule has 1 fully saturated rings. The molecule has 1 aliphatic heterocycles. The Balaban J connectivity index is 1.74. The predicted molar refractivity (Wildman–Crippen MR) is 77.2 cm³/mol. The Morgan fingerprint density at radius 1 is 1.26 bits per heavy atom. The standard InChI is InChI=1S/C16H20N2O/c1-12-13(14-6-2-3-7-15(14)17-12)8-9-16(19)18-10-4-5-11-18/h2-3,6-7,17H,4-5,8-11H2,1H3. The van der Waals surface area contributed by atoms with Gasteiger partial charge in [0.2, 0.25) is 5.91 Å². The molecule has 2 heterocycles. The molecule has 1 saturated heterocycles. The first-order valence-electron chi connectivity index (χ1n) is 7.09. The molecule has 0 radical (unpaired) electrons. The average molecular weight is 256 g/mol. The number of hydrogen-bond donors (Lipinski definition) is 1. The molecule has 100 valence electrons. The number of benzene rings is 1. The molecule has 0 aliphatic carbocycles. The molecule has 0 atom stereocenters. The highest BCUT2D eigenvalue weighted by molar-refractivity contribution is 5.85. The molecule has 3 rings (SSSR count). The fraction of sp³-hybridized carbons (Fsp3) is 0.438. The van der Waals surface area contributed by atoms with Gasteiger partial charge in [-0.3, -0.25) is 4.79 Å². The summed E-state index contributed by atoms with van der Waals surface area (Å²) < 4.78 is 0. The monoisotopic (exact) mass is 256 g/mol. The smallest absolute Gasteiger partial charge is 0.222 e. The Bertz CT molecular complexity index is 594. The van der Waals surface area contributed by atoms with Crippen LogP contribution in [-0.2, 0) is 11.2 Å². The first-order valence-corrected chi connectivity index (χ1v) is 7.09. The van der Waals surface area contributed by atoms with E-state index in [1.54, 1.807) is 0 Å². The van der Waals surface area contributed by atoms with Crippen molar-refractivity contribution < 1.29 is 4.79 Å². The lowest BCUT2D eigenvalue weighted by Gasteiger charge is -2.14. The molecule has 0 spiro atoms. The van der Waals surface area contributed by atoms with Crippen molar-refractivity contribution in [2.24, 2.45) is 0 Å². The van der Waals surface area contributed by atoms with E-state index in [1.165, 1.54) is 22.2 Å². The lowest BCUT2D eigenvalue weighted by Crippen LogP contribution is -2.27. The van der Waals surface area contributed by atoms with Gasteiger partial charge in [-0.05, 0) is 37.8 Å². The van der Waals surface area contributed by atoms with Crippen LogP contribution in [0.4, 0.5) is 0 Å². The average Bonchev–Trinajstić information content (AvgIpc) is 3.03. The number of carbonyl (C=O) groups is 1. The number of amides is 1. The number of rotatable bonds is 3. The van der Waals surface area contributed by atoms with Gasteiger partial charge in [-0.15, -0.1) is 0 Å². The van der Waals surface area contributed by atoms with Crippen molar-refractivity contribution in [3.63, 3.8) is 0 Å². The van der Waals surface area contributed by atoms with Gasteiger partial charge in [-0.25, -0.2) is 0 Å². The van der Waals surface area contributed by atoms with E-state index >= 15 is 0 Å². The number of H-pyrrole nitrogens is 1. The third-order valence-electron chi connectivity index (χ3n) is 4.07. The zero-order valence-electron chi connectivity index (χ0n) is 11.4. The molecule has 0 saturated carbocycles. The maximum Gasteiger partial charge on any atom is 0.222 e. The van der Waals surface area contributed by atoms with Gasteiger partial charge < -0.3 is 9.88 Å². The maximum absolute atomic E-state index is 12.1. The molecule has 3 heteroatoms. The van der Waals surface area contributed by atoms with Crippen molar-refractivity contribution in [2.75, 3.05) is 13.1 Å². The summed E-state index contributed by atoms with van der Waals surface area (Å²) in [6.45, 7) is 3.99. The first-order chi connectivity index (χ1) is 9.25.